The van der Waals surface area contributed by atoms with E-state index < -0.39 is 0 Å². The first-order valence-electron chi connectivity index (χ1n) is 11.2. The van der Waals surface area contributed by atoms with Crippen LogP contribution in [0.15, 0.2) is 48.7 Å². The van der Waals surface area contributed by atoms with Gasteiger partial charge in [0, 0.05) is 17.2 Å². The van der Waals surface area contributed by atoms with Crippen LogP contribution in [0, 0.1) is 23.6 Å². The van der Waals surface area contributed by atoms with Crippen LogP contribution in [-0.4, -0.2) is 25.2 Å². The second-order valence-electron chi connectivity index (χ2n) is 9.30. The average Bonchev–Trinajstić information content (AvgIpc) is 3.34. The van der Waals surface area contributed by atoms with Gasteiger partial charge in [0.15, 0.2) is 5.82 Å². The van der Waals surface area contributed by atoms with Gasteiger partial charge in [0.25, 0.3) is 0 Å². The van der Waals surface area contributed by atoms with Crippen molar-refractivity contribution in [2.45, 2.75) is 44.4 Å². The standard InChI is InChI=1S/C25H28FN5/c1-25(24-28-30-31(2)29-24)15-18-6-3-4-9-22(18)23(25)13-12-21-11-10-19(16-27-21)17-7-5-8-20(26)14-17/h5,7-8,10-14,16,18,22-23H,3-4,6,9,15H2,1-2H3/b13-12+/t18-,22-,23+,25+/m1/s1. The molecular weight excluding hydrogens is 389 g/mol. The minimum atomic E-state index is -0.235. The lowest BCUT2D eigenvalue weighted by Crippen LogP contribution is -2.30. The predicted octanol–water partition coefficient (Wildman–Crippen LogP) is 5.21. The molecule has 6 heteroatoms. The molecule has 0 radical (unpaired) electrons. The van der Waals surface area contributed by atoms with Gasteiger partial charge in [-0.1, -0.05) is 50.5 Å². The first kappa shape index (κ1) is 20.0. The molecule has 2 fully saturated rings. The maximum atomic E-state index is 13.5. The molecule has 160 valence electrons. The van der Waals surface area contributed by atoms with Gasteiger partial charge in [0.05, 0.1) is 12.7 Å². The molecule has 0 amide bonds. The first-order valence-corrected chi connectivity index (χ1v) is 11.2. The number of nitrogens with zero attached hydrogens (tertiary/aromatic N) is 5. The van der Waals surface area contributed by atoms with E-state index in [1.165, 1.54) is 37.8 Å². The fourth-order valence-electron chi connectivity index (χ4n) is 5.77. The Labute approximate surface area is 182 Å². The van der Waals surface area contributed by atoms with Crippen molar-refractivity contribution >= 4 is 6.08 Å². The van der Waals surface area contributed by atoms with Crippen LogP contribution in [0.5, 0.6) is 0 Å². The van der Waals surface area contributed by atoms with Gasteiger partial charge in [-0.3, -0.25) is 4.98 Å². The lowest BCUT2D eigenvalue weighted by molar-refractivity contribution is 0.243. The van der Waals surface area contributed by atoms with Gasteiger partial charge in [-0.2, -0.15) is 4.80 Å². The fourth-order valence-corrected chi connectivity index (χ4v) is 5.77. The van der Waals surface area contributed by atoms with Crippen molar-refractivity contribution in [1.29, 1.82) is 0 Å². The molecule has 2 aromatic heterocycles. The molecule has 3 aromatic rings. The Balaban J connectivity index is 1.42. The summed E-state index contributed by atoms with van der Waals surface area (Å²) in [5, 5.41) is 13.1. The van der Waals surface area contributed by atoms with Gasteiger partial charge in [-0.15, -0.1) is 10.2 Å². The van der Waals surface area contributed by atoms with Gasteiger partial charge in [-0.25, -0.2) is 4.39 Å². The zero-order valence-electron chi connectivity index (χ0n) is 18.1. The minimum absolute atomic E-state index is 0.105. The third-order valence-electron chi connectivity index (χ3n) is 7.29. The molecule has 0 spiro atoms. The Hall–Kier alpha value is -2.89. The molecular formula is C25H28FN5. The molecule has 2 heterocycles. The molecule has 0 saturated heterocycles. The second kappa shape index (κ2) is 7.98. The molecule has 1 aromatic carbocycles. The van der Waals surface area contributed by atoms with Crippen LogP contribution in [0.4, 0.5) is 4.39 Å². The number of allylic oxidation sites excluding steroid dienone is 1. The van der Waals surface area contributed by atoms with Gasteiger partial charge in [-0.05, 0) is 65.6 Å². The number of fused-ring (bicyclic) bond motifs is 1. The van der Waals surface area contributed by atoms with E-state index in [0.717, 1.165) is 35.0 Å². The van der Waals surface area contributed by atoms with Gasteiger partial charge < -0.3 is 0 Å². The van der Waals surface area contributed by atoms with E-state index in [9.17, 15) is 4.39 Å². The van der Waals surface area contributed by atoms with Crippen molar-refractivity contribution < 1.29 is 4.39 Å². The Bertz CT molecular complexity index is 1090. The Morgan fingerprint density at radius 2 is 2.00 bits per heavy atom. The highest BCUT2D eigenvalue weighted by Gasteiger charge is 2.52. The Morgan fingerprint density at radius 3 is 2.74 bits per heavy atom. The quantitative estimate of drug-likeness (QED) is 0.585. The van der Waals surface area contributed by atoms with Crippen molar-refractivity contribution in [2.24, 2.45) is 24.8 Å². The normalized spacial score (nSPS) is 28.2. The number of tetrazole rings is 1. The van der Waals surface area contributed by atoms with Crippen LogP contribution >= 0.6 is 0 Å². The number of aryl methyl sites for hydroxylation is 1. The van der Waals surface area contributed by atoms with Crippen molar-refractivity contribution in [3.05, 3.63) is 66.0 Å². The summed E-state index contributed by atoms with van der Waals surface area (Å²) in [6.45, 7) is 2.30. The van der Waals surface area contributed by atoms with E-state index in [-0.39, 0.29) is 11.2 Å². The number of pyridine rings is 1. The van der Waals surface area contributed by atoms with Gasteiger partial charge >= 0.3 is 0 Å². The molecule has 5 nitrogen and oxygen atoms in total. The first-order chi connectivity index (χ1) is 15.0. The highest BCUT2D eigenvalue weighted by atomic mass is 19.1. The number of halogens is 1. The summed E-state index contributed by atoms with van der Waals surface area (Å²) in [7, 11) is 1.83. The third kappa shape index (κ3) is 3.80. The van der Waals surface area contributed by atoms with Crippen LogP contribution in [-0.2, 0) is 12.5 Å². The molecule has 0 N–H and O–H groups in total. The maximum Gasteiger partial charge on any atom is 0.181 e. The molecule has 0 unspecified atom stereocenters. The summed E-state index contributed by atoms with van der Waals surface area (Å²) >= 11 is 0. The van der Waals surface area contributed by atoms with Crippen LogP contribution in [0.25, 0.3) is 17.2 Å². The Morgan fingerprint density at radius 1 is 1.13 bits per heavy atom. The smallest absolute Gasteiger partial charge is 0.181 e. The zero-order chi connectivity index (χ0) is 21.4. The lowest BCUT2D eigenvalue weighted by Gasteiger charge is -2.31. The monoisotopic (exact) mass is 417 g/mol. The van der Waals surface area contributed by atoms with E-state index in [1.54, 1.807) is 10.9 Å². The zero-order valence-corrected chi connectivity index (χ0v) is 18.1. The third-order valence-corrected chi connectivity index (χ3v) is 7.29. The molecule has 2 saturated carbocycles. The predicted molar refractivity (Wildman–Crippen MR) is 118 cm³/mol. The number of hydrogen-bond donors (Lipinski definition) is 0. The molecule has 31 heavy (non-hydrogen) atoms. The summed E-state index contributed by atoms with van der Waals surface area (Å²) < 4.78 is 13.5. The summed E-state index contributed by atoms with van der Waals surface area (Å²) in [6, 6.07) is 10.6. The van der Waals surface area contributed by atoms with E-state index >= 15 is 0 Å². The molecule has 0 bridgehead atoms. The van der Waals surface area contributed by atoms with Crippen LogP contribution in [0.2, 0.25) is 0 Å². The average molecular weight is 418 g/mol. The van der Waals surface area contributed by atoms with Gasteiger partial charge in [0.2, 0.25) is 0 Å². The topological polar surface area (TPSA) is 56.5 Å². The Kier molecular flexibility index (Phi) is 5.16. The number of aromatic nitrogens is 5. The number of hydrogen-bond acceptors (Lipinski definition) is 4. The molecule has 5 rings (SSSR count). The summed E-state index contributed by atoms with van der Waals surface area (Å²) in [5.74, 6) is 2.37. The molecule has 0 aliphatic heterocycles. The SMILES string of the molecule is Cn1nnc([C@@]2(C)C[C@H]3CCCC[C@H]3[C@@H]2/C=C/c2ccc(-c3cccc(F)c3)cn2)n1. The highest BCUT2D eigenvalue weighted by molar-refractivity contribution is 5.63. The van der Waals surface area contributed by atoms with Crippen molar-refractivity contribution in [1.82, 2.24) is 25.2 Å². The van der Waals surface area contributed by atoms with Crippen LogP contribution < -0.4 is 0 Å². The fraction of sp³-hybridized carbons (Fsp3) is 0.440. The number of rotatable bonds is 4. The van der Waals surface area contributed by atoms with E-state index in [2.05, 4.69) is 39.5 Å². The maximum absolute atomic E-state index is 13.5. The van der Waals surface area contributed by atoms with Gasteiger partial charge in [0.1, 0.15) is 5.82 Å². The molecule has 2 aliphatic rings. The molecule has 2 aliphatic carbocycles. The molecule has 4 atom stereocenters. The summed E-state index contributed by atoms with van der Waals surface area (Å²) in [6.07, 6.45) is 12.6. The second-order valence-corrected chi connectivity index (χ2v) is 9.30. The van der Waals surface area contributed by atoms with Crippen molar-refractivity contribution in [3.63, 3.8) is 0 Å². The highest BCUT2D eigenvalue weighted by Crippen LogP contribution is 2.56. The van der Waals surface area contributed by atoms with Crippen LogP contribution in [0.3, 0.4) is 0 Å². The largest absolute Gasteiger partial charge is 0.256 e. The van der Waals surface area contributed by atoms with Crippen molar-refractivity contribution in [3.8, 4) is 11.1 Å². The van der Waals surface area contributed by atoms with E-state index in [0.29, 0.717) is 11.8 Å². The van der Waals surface area contributed by atoms with Crippen molar-refractivity contribution in [2.75, 3.05) is 0 Å². The van der Waals surface area contributed by atoms with Crippen LogP contribution in [0.1, 0.15) is 50.5 Å². The van der Waals surface area contributed by atoms with E-state index in [1.807, 2.05) is 31.4 Å². The summed E-state index contributed by atoms with van der Waals surface area (Å²) in [5.41, 5.74) is 2.56. The summed E-state index contributed by atoms with van der Waals surface area (Å²) in [4.78, 5) is 6.18. The van der Waals surface area contributed by atoms with E-state index in [4.69, 9.17) is 0 Å². The lowest BCUT2D eigenvalue weighted by atomic mass is 9.73. The minimum Gasteiger partial charge on any atom is -0.256 e. The number of benzene rings is 1.